The zero-order valence-electron chi connectivity index (χ0n) is 12.4. The van der Waals surface area contributed by atoms with Crippen LogP contribution in [-0.2, 0) is 4.74 Å². The summed E-state index contributed by atoms with van der Waals surface area (Å²) in [4.78, 5) is 14.1. The molecule has 1 aromatic rings. The Bertz CT molecular complexity index is 517. The number of rotatable bonds is 6. The summed E-state index contributed by atoms with van der Waals surface area (Å²) in [5.74, 6) is 0.111. The molecule has 0 unspecified atom stereocenters. The summed E-state index contributed by atoms with van der Waals surface area (Å²) in [6.07, 6.45) is 1.01. The molecule has 0 radical (unpaired) electrons. The van der Waals surface area contributed by atoms with Crippen LogP contribution in [-0.4, -0.2) is 26.2 Å². The molecular formula is C14H21N3O2S. The molecular weight excluding hydrogens is 274 g/mol. The molecule has 20 heavy (non-hydrogen) atoms. The number of anilines is 2. The minimum Gasteiger partial charge on any atom is -0.462 e. The van der Waals surface area contributed by atoms with Crippen LogP contribution < -0.4 is 10.6 Å². The summed E-state index contributed by atoms with van der Waals surface area (Å²) in [6.45, 7) is 7.13. The van der Waals surface area contributed by atoms with Gasteiger partial charge < -0.3 is 15.4 Å². The first-order chi connectivity index (χ1) is 9.42. The van der Waals surface area contributed by atoms with Crippen LogP contribution in [0.1, 0.15) is 42.4 Å². The lowest BCUT2D eigenvalue weighted by atomic mass is 10.1. The zero-order valence-corrected chi connectivity index (χ0v) is 13.2. The van der Waals surface area contributed by atoms with E-state index < -0.39 is 5.97 Å². The fourth-order valence-corrected chi connectivity index (χ4v) is 2.76. The van der Waals surface area contributed by atoms with Crippen molar-refractivity contribution in [2.45, 2.75) is 27.2 Å². The summed E-state index contributed by atoms with van der Waals surface area (Å²) in [6, 6.07) is 2.09. The van der Waals surface area contributed by atoms with E-state index in [1.165, 1.54) is 11.3 Å². The summed E-state index contributed by atoms with van der Waals surface area (Å²) < 4.78 is 4.96. The quantitative estimate of drug-likeness (QED) is 0.816. The van der Waals surface area contributed by atoms with Gasteiger partial charge in [-0.1, -0.05) is 13.8 Å². The van der Waals surface area contributed by atoms with E-state index in [0.29, 0.717) is 16.4 Å². The maximum absolute atomic E-state index is 11.8. The number of thiophene rings is 1. The standard InChI is InChI=1S/C14H21N3O2S/c1-5-19-14(18)12-11(16)10(8-15)13(20-12)17(4)7-6-9(2)3/h9H,5-7,16H2,1-4H3. The van der Waals surface area contributed by atoms with E-state index in [1.54, 1.807) is 6.92 Å². The highest BCUT2D eigenvalue weighted by molar-refractivity contribution is 7.18. The second-order valence-corrected chi connectivity index (χ2v) is 5.96. The van der Waals surface area contributed by atoms with E-state index in [0.717, 1.165) is 18.0 Å². The number of carbonyl (C=O) groups is 1. The van der Waals surface area contributed by atoms with Gasteiger partial charge in [-0.15, -0.1) is 11.3 Å². The molecule has 0 fully saturated rings. The van der Waals surface area contributed by atoms with Crippen molar-refractivity contribution in [2.75, 3.05) is 30.8 Å². The van der Waals surface area contributed by atoms with Gasteiger partial charge >= 0.3 is 5.97 Å². The van der Waals surface area contributed by atoms with E-state index in [-0.39, 0.29) is 12.3 Å². The maximum Gasteiger partial charge on any atom is 0.350 e. The molecule has 0 bridgehead atoms. The number of carbonyl (C=O) groups excluding carboxylic acids is 1. The predicted octanol–water partition coefficient (Wildman–Crippen LogP) is 2.86. The number of ether oxygens (including phenoxy) is 1. The normalized spacial score (nSPS) is 10.4. The molecule has 0 aliphatic carbocycles. The van der Waals surface area contributed by atoms with Crippen molar-refractivity contribution in [1.29, 1.82) is 5.26 Å². The second-order valence-electron chi connectivity index (χ2n) is 4.96. The van der Waals surface area contributed by atoms with Gasteiger partial charge in [0.15, 0.2) is 0 Å². The van der Waals surface area contributed by atoms with Crippen LogP contribution in [0.25, 0.3) is 0 Å². The van der Waals surface area contributed by atoms with E-state index >= 15 is 0 Å². The highest BCUT2D eigenvalue weighted by atomic mass is 32.1. The molecule has 1 aromatic heterocycles. The van der Waals surface area contributed by atoms with E-state index in [2.05, 4.69) is 19.9 Å². The molecule has 1 rings (SSSR count). The van der Waals surface area contributed by atoms with Gasteiger partial charge in [-0.25, -0.2) is 4.79 Å². The monoisotopic (exact) mass is 295 g/mol. The van der Waals surface area contributed by atoms with Crippen LogP contribution in [0.15, 0.2) is 0 Å². The lowest BCUT2D eigenvalue weighted by Gasteiger charge is -2.18. The first-order valence-corrected chi connectivity index (χ1v) is 7.44. The van der Waals surface area contributed by atoms with Crippen molar-refractivity contribution >= 4 is 28.0 Å². The number of nitrogens with two attached hydrogens (primary N) is 1. The van der Waals surface area contributed by atoms with E-state index in [9.17, 15) is 10.1 Å². The van der Waals surface area contributed by atoms with E-state index in [4.69, 9.17) is 10.5 Å². The van der Waals surface area contributed by atoms with Crippen molar-refractivity contribution in [3.8, 4) is 6.07 Å². The van der Waals surface area contributed by atoms with Crippen molar-refractivity contribution in [3.05, 3.63) is 10.4 Å². The summed E-state index contributed by atoms with van der Waals surface area (Å²) >= 11 is 1.22. The maximum atomic E-state index is 11.8. The minimum absolute atomic E-state index is 0.224. The fourth-order valence-electron chi connectivity index (χ4n) is 1.71. The Morgan fingerprint density at radius 3 is 2.70 bits per heavy atom. The Balaban J connectivity index is 3.05. The third-order valence-electron chi connectivity index (χ3n) is 2.89. The van der Waals surface area contributed by atoms with Crippen molar-refractivity contribution in [2.24, 2.45) is 5.92 Å². The lowest BCUT2D eigenvalue weighted by Crippen LogP contribution is -2.19. The lowest BCUT2D eigenvalue weighted by molar-refractivity contribution is 0.0533. The molecule has 6 heteroatoms. The van der Waals surface area contributed by atoms with Gasteiger partial charge in [-0.05, 0) is 19.3 Å². The van der Waals surface area contributed by atoms with Gasteiger partial charge in [-0.3, -0.25) is 0 Å². The Kier molecular flexibility index (Phi) is 5.83. The molecule has 0 aromatic carbocycles. The van der Waals surface area contributed by atoms with Crippen LogP contribution in [0.3, 0.4) is 0 Å². The number of nitrogen functional groups attached to an aromatic ring is 1. The first kappa shape index (κ1) is 16.3. The molecule has 0 amide bonds. The van der Waals surface area contributed by atoms with Gasteiger partial charge in [0.1, 0.15) is 21.5 Å². The van der Waals surface area contributed by atoms with Gasteiger partial charge in [-0.2, -0.15) is 5.26 Å². The summed E-state index contributed by atoms with van der Waals surface area (Å²) in [5, 5.41) is 9.98. The Hall–Kier alpha value is -1.74. The van der Waals surface area contributed by atoms with Gasteiger partial charge in [0.2, 0.25) is 0 Å². The van der Waals surface area contributed by atoms with Crippen LogP contribution in [0.4, 0.5) is 10.7 Å². The van der Waals surface area contributed by atoms with Crippen LogP contribution in [0.5, 0.6) is 0 Å². The summed E-state index contributed by atoms with van der Waals surface area (Å²) in [5.41, 5.74) is 6.49. The van der Waals surface area contributed by atoms with Gasteiger partial charge in [0.25, 0.3) is 0 Å². The van der Waals surface area contributed by atoms with Crippen LogP contribution in [0.2, 0.25) is 0 Å². The van der Waals surface area contributed by atoms with Crippen LogP contribution >= 0.6 is 11.3 Å². The second kappa shape index (κ2) is 7.15. The Labute approximate surface area is 123 Å². The number of hydrogen-bond acceptors (Lipinski definition) is 6. The average molecular weight is 295 g/mol. The smallest absolute Gasteiger partial charge is 0.350 e. The molecule has 1 heterocycles. The highest BCUT2D eigenvalue weighted by Gasteiger charge is 2.23. The molecule has 2 N–H and O–H groups in total. The molecule has 0 aliphatic heterocycles. The molecule has 0 saturated carbocycles. The molecule has 0 spiro atoms. The van der Waals surface area contributed by atoms with Crippen molar-refractivity contribution in [1.82, 2.24) is 0 Å². The van der Waals surface area contributed by atoms with E-state index in [1.807, 2.05) is 11.9 Å². The number of hydrogen-bond donors (Lipinski definition) is 1. The number of nitrogens with zero attached hydrogens (tertiary/aromatic N) is 2. The number of esters is 1. The Morgan fingerprint density at radius 1 is 1.55 bits per heavy atom. The molecule has 5 nitrogen and oxygen atoms in total. The average Bonchev–Trinajstić information content (AvgIpc) is 2.73. The van der Waals surface area contributed by atoms with Gasteiger partial charge in [0.05, 0.1) is 12.3 Å². The Morgan fingerprint density at radius 2 is 2.20 bits per heavy atom. The van der Waals surface area contributed by atoms with Crippen LogP contribution in [0, 0.1) is 17.2 Å². The summed E-state index contributed by atoms with van der Waals surface area (Å²) in [7, 11) is 1.91. The third kappa shape index (κ3) is 3.64. The third-order valence-corrected chi connectivity index (χ3v) is 4.19. The molecule has 0 aliphatic rings. The SMILES string of the molecule is CCOC(=O)c1sc(N(C)CCC(C)C)c(C#N)c1N. The van der Waals surface area contributed by atoms with Gasteiger partial charge in [0, 0.05) is 13.6 Å². The molecule has 0 atom stereocenters. The highest BCUT2D eigenvalue weighted by Crippen LogP contribution is 2.37. The van der Waals surface area contributed by atoms with Crippen molar-refractivity contribution < 1.29 is 9.53 Å². The predicted molar refractivity (Wildman–Crippen MR) is 82.1 cm³/mol. The molecule has 110 valence electrons. The topological polar surface area (TPSA) is 79.3 Å². The fraction of sp³-hybridized carbons (Fsp3) is 0.571. The minimum atomic E-state index is -0.463. The van der Waals surface area contributed by atoms with Crippen molar-refractivity contribution in [3.63, 3.8) is 0 Å². The largest absolute Gasteiger partial charge is 0.462 e. The zero-order chi connectivity index (χ0) is 15.3. The molecule has 0 saturated heterocycles. The number of nitriles is 1. The first-order valence-electron chi connectivity index (χ1n) is 6.62.